The van der Waals surface area contributed by atoms with Gasteiger partial charge in [0.25, 0.3) is 11.9 Å². The Balaban J connectivity index is 0.000000945. The van der Waals surface area contributed by atoms with Crippen molar-refractivity contribution in [3.8, 4) is 11.5 Å². The van der Waals surface area contributed by atoms with E-state index in [0.717, 1.165) is 6.92 Å². The number of amides is 1. The lowest BCUT2D eigenvalue weighted by molar-refractivity contribution is -0.134. The van der Waals surface area contributed by atoms with Gasteiger partial charge in [-0.15, -0.1) is 0 Å². The van der Waals surface area contributed by atoms with Crippen LogP contribution in [0.4, 0.5) is 0 Å². The van der Waals surface area contributed by atoms with Crippen molar-refractivity contribution in [3.63, 3.8) is 0 Å². The van der Waals surface area contributed by atoms with Gasteiger partial charge >= 0.3 is 0 Å². The van der Waals surface area contributed by atoms with E-state index in [1.54, 1.807) is 35.2 Å². The lowest BCUT2D eigenvalue weighted by Crippen LogP contribution is -2.50. The van der Waals surface area contributed by atoms with E-state index in [0.29, 0.717) is 22.6 Å². The summed E-state index contributed by atoms with van der Waals surface area (Å²) in [5.74, 6) is -0.321. The first-order chi connectivity index (χ1) is 16.0. The number of nitrogens with zero attached hydrogens (tertiary/aromatic N) is 2. The number of carbonyl (C=O) groups is 2. The van der Waals surface area contributed by atoms with Gasteiger partial charge in [0.05, 0.1) is 19.1 Å². The molecule has 11 nitrogen and oxygen atoms in total. The molecule has 0 atom stereocenters. The van der Waals surface area contributed by atoms with Gasteiger partial charge in [0.1, 0.15) is 17.3 Å². The van der Waals surface area contributed by atoms with E-state index >= 15 is 0 Å². The minimum absolute atomic E-state index is 0.0676. The fraction of sp³-hybridized carbons (Fsp3) is 0.318. The minimum Gasteiger partial charge on any atom is -0.497 e. The van der Waals surface area contributed by atoms with E-state index in [2.05, 4.69) is 0 Å². The highest BCUT2D eigenvalue weighted by molar-refractivity contribution is 7.89. The number of piperazine rings is 1. The number of sulfonamides is 1. The molecule has 0 bridgehead atoms. The second kappa shape index (κ2) is 11.5. The van der Waals surface area contributed by atoms with Gasteiger partial charge in [-0.1, -0.05) is 12.1 Å². The van der Waals surface area contributed by atoms with Crippen molar-refractivity contribution in [3.05, 3.63) is 53.6 Å². The van der Waals surface area contributed by atoms with E-state index < -0.39 is 16.0 Å². The molecule has 184 valence electrons. The fourth-order valence-corrected chi connectivity index (χ4v) is 4.66. The highest BCUT2D eigenvalue weighted by Gasteiger charge is 2.31. The summed E-state index contributed by atoms with van der Waals surface area (Å²) >= 11 is 0. The second-order valence-corrected chi connectivity index (χ2v) is 9.19. The second-order valence-electron chi connectivity index (χ2n) is 7.25. The number of hydrogen-bond acceptors (Lipinski definition) is 7. The molecular formula is C22H28N4O7S. The summed E-state index contributed by atoms with van der Waals surface area (Å²) < 4.78 is 37.8. The molecule has 1 fully saturated rings. The Morgan fingerprint density at radius 1 is 0.941 bits per heavy atom. The highest BCUT2D eigenvalue weighted by Crippen LogP contribution is 2.28. The first-order valence-corrected chi connectivity index (χ1v) is 11.6. The zero-order valence-corrected chi connectivity index (χ0v) is 20.0. The summed E-state index contributed by atoms with van der Waals surface area (Å²) in [6, 6.07) is 11.0. The minimum atomic E-state index is -3.76. The van der Waals surface area contributed by atoms with E-state index in [1.807, 2.05) is 0 Å². The Kier molecular flexibility index (Phi) is 8.98. The summed E-state index contributed by atoms with van der Waals surface area (Å²) in [6.07, 6.45) is 0. The molecule has 1 aliphatic rings. The molecule has 0 saturated carbocycles. The number of amidine groups is 1. The van der Waals surface area contributed by atoms with Gasteiger partial charge in [-0.25, -0.2) is 8.42 Å². The van der Waals surface area contributed by atoms with Crippen molar-refractivity contribution in [2.24, 2.45) is 5.73 Å². The summed E-state index contributed by atoms with van der Waals surface area (Å²) in [4.78, 5) is 23.4. The van der Waals surface area contributed by atoms with Crippen LogP contribution in [0, 0.1) is 5.41 Å². The molecule has 0 radical (unpaired) electrons. The number of carboxylic acid groups (broad SMARTS) is 1. The molecule has 2 aromatic carbocycles. The standard InChI is InChI=1S/C20H24N4O5S.C2H4O2/c1-28-16-11-17(29-2)13-18(12-16)30(26,27)24-9-7-23(8-10-24)20(25)15-5-3-14(4-6-15)19(21)22;1-2(3)4/h3-6,11-13H,7-10H2,1-2H3,(H3,21,22);1H3,(H,3,4). The lowest BCUT2D eigenvalue weighted by atomic mass is 10.1. The Bertz CT molecular complexity index is 1120. The maximum absolute atomic E-state index is 13.1. The largest absolute Gasteiger partial charge is 0.497 e. The number of benzene rings is 2. The molecule has 0 spiro atoms. The van der Waals surface area contributed by atoms with Gasteiger partial charge in [-0.3, -0.25) is 15.0 Å². The molecule has 3 rings (SSSR count). The summed E-state index contributed by atoms with van der Waals surface area (Å²) in [6.45, 7) is 1.99. The van der Waals surface area contributed by atoms with E-state index in [9.17, 15) is 13.2 Å². The maximum Gasteiger partial charge on any atom is 0.300 e. The van der Waals surface area contributed by atoms with E-state index in [-0.39, 0.29) is 42.8 Å². The SMILES string of the molecule is CC(=O)O.COc1cc(OC)cc(S(=O)(=O)N2CCN(C(=O)c3ccc(C(=N)N)cc3)CC2)c1. The predicted molar refractivity (Wildman–Crippen MR) is 125 cm³/mol. The van der Waals surface area contributed by atoms with Crippen LogP contribution in [0.2, 0.25) is 0 Å². The molecule has 12 heteroatoms. The number of rotatable bonds is 6. The van der Waals surface area contributed by atoms with Gasteiger partial charge in [0, 0.05) is 62.4 Å². The van der Waals surface area contributed by atoms with Gasteiger partial charge < -0.3 is 25.2 Å². The van der Waals surface area contributed by atoms with Crippen LogP contribution in [0.25, 0.3) is 0 Å². The van der Waals surface area contributed by atoms with Gasteiger partial charge in [0.2, 0.25) is 10.0 Å². The average Bonchev–Trinajstić information content (AvgIpc) is 2.83. The lowest BCUT2D eigenvalue weighted by Gasteiger charge is -2.34. The molecule has 0 aromatic heterocycles. The molecule has 1 amide bonds. The molecule has 1 aliphatic heterocycles. The molecule has 0 unspecified atom stereocenters. The third kappa shape index (κ3) is 6.68. The quantitative estimate of drug-likeness (QED) is 0.400. The highest BCUT2D eigenvalue weighted by atomic mass is 32.2. The third-order valence-corrected chi connectivity index (χ3v) is 6.81. The van der Waals surface area contributed by atoms with Crippen molar-refractivity contribution in [2.75, 3.05) is 40.4 Å². The molecule has 0 aliphatic carbocycles. The normalized spacial score (nSPS) is 13.9. The van der Waals surface area contributed by atoms with Crippen molar-refractivity contribution < 1.29 is 32.6 Å². The monoisotopic (exact) mass is 492 g/mol. The van der Waals surface area contributed by atoms with E-state index in [1.165, 1.54) is 30.7 Å². The fourth-order valence-electron chi connectivity index (χ4n) is 3.19. The van der Waals surface area contributed by atoms with Crippen LogP contribution in [0.3, 0.4) is 0 Å². The number of nitrogens with one attached hydrogen (secondary N) is 1. The number of methoxy groups -OCH3 is 2. The molecular weight excluding hydrogens is 464 g/mol. The summed E-state index contributed by atoms with van der Waals surface area (Å²) in [5, 5.41) is 14.8. The number of nitrogen functional groups attached to an aromatic ring is 1. The smallest absolute Gasteiger partial charge is 0.300 e. The Hall–Kier alpha value is -3.64. The first kappa shape index (κ1) is 26.6. The average molecular weight is 493 g/mol. The van der Waals surface area contributed by atoms with Crippen LogP contribution in [0.5, 0.6) is 11.5 Å². The Labute approximate surface area is 198 Å². The molecule has 34 heavy (non-hydrogen) atoms. The van der Waals surface area contributed by atoms with Crippen LogP contribution in [0.1, 0.15) is 22.8 Å². The number of hydrogen-bond donors (Lipinski definition) is 3. The van der Waals surface area contributed by atoms with Crippen LogP contribution in [-0.4, -0.2) is 80.8 Å². The summed E-state index contributed by atoms with van der Waals surface area (Å²) in [7, 11) is -0.845. The predicted octanol–water partition coefficient (Wildman–Crippen LogP) is 1.23. The molecule has 1 saturated heterocycles. The van der Waals surface area contributed by atoms with Crippen LogP contribution >= 0.6 is 0 Å². The van der Waals surface area contributed by atoms with Crippen LogP contribution in [0.15, 0.2) is 47.4 Å². The first-order valence-electron chi connectivity index (χ1n) is 10.2. The Morgan fingerprint density at radius 3 is 1.79 bits per heavy atom. The van der Waals surface area contributed by atoms with Gasteiger partial charge in [-0.2, -0.15) is 4.31 Å². The molecule has 1 heterocycles. The Morgan fingerprint density at radius 2 is 1.38 bits per heavy atom. The van der Waals surface area contributed by atoms with Crippen molar-refractivity contribution in [1.82, 2.24) is 9.21 Å². The topological polar surface area (TPSA) is 163 Å². The maximum atomic E-state index is 13.1. The van der Waals surface area contributed by atoms with Crippen molar-refractivity contribution >= 4 is 27.7 Å². The van der Waals surface area contributed by atoms with Crippen LogP contribution in [-0.2, 0) is 14.8 Å². The number of nitrogens with two attached hydrogens (primary N) is 1. The van der Waals surface area contributed by atoms with Crippen molar-refractivity contribution in [2.45, 2.75) is 11.8 Å². The molecule has 4 N–H and O–H groups in total. The zero-order chi connectivity index (χ0) is 25.5. The number of aliphatic carboxylic acids is 1. The summed E-state index contributed by atoms with van der Waals surface area (Å²) in [5.41, 5.74) is 6.44. The number of carbonyl (C=O) groups excluding carboxylic acids is 1. The molecule has 2 aromatic rings. The number of ether oxygens (including phenoxy) is 2. The third-order valence-electron chi connectivity index (χ3n) is 4.93. The van der Waals surface area contributed by atoms with Gasteiger partial charge in [0.15, 0.2) is 0 Å². The zero-order valence-electron chi connectivity index (χ0n) is 19.1. The number of carboxylic acids is 1. The van der Waals surface area contributed by atoms with Gasteiger partial charge in [-0.05, 0) is 12.1 Å². The van der Waals surface area contributed by atoms with Crippen molar-refractivity contribution in [1.29, 1.82) is 5.41 Å². The van der Waals surface area contributed by atoms with E-state index in [4.69, 9.17) is 30.5 Å². The van der Waals surface area contributed by atoms with Crippen LogP contribution < -0.4 is 15.2 Å².